The van der Waals surface area contributed by atoms with Gasteiger partial charge in [-0.25, -0.2) is 8.42 Å². The first-order chi connectivity index (χ1) is 20.9. The van der Waals surface area contributed by atoms with Gasteiger partial charge in [0.15, 0.2) is 0 Å². The molecular weight excluding hydrogens is 599 g/mol. The molecule has 0 aliphatic heterocycles. The van der Waals surface area contributed by atoms with E-state index in [1.54, 1.807) is 24.3 Å². The molecule has 0 radical (unpaired) electrons. The predicted molar refractivity (Wildman–Crippen MR) is 172 cm³/mol. The minimum absolute atomic E-state index is 0.0260. The van der Waals surface area contributed by atoms with Gasteiger partial charge in [0.25, 0.3) is 0 Å². The van der Waals surface area contributed by atoms with Crippen LogP contribution in [-0.2, 0) is 9.84 Å². The zero-order valence-electron chi connectivity index (χ0n) is 22.7. The fourth-order valence-corrected chi connectivity index (χ4v) is 7.18. The number of hydrogen-bond donors (Lipinski definition) is 0. The van der Waals surface area contributed by atoms with Crippen LogP contribution in [0.2, 0.25) is 10.0 Å². The molecule has 6 aromatic carbocycles. The van der Waals surface area contributed by atoms with E-state index in [1.165, 1.54) is 12.1 Å². The maximum Gasteiger partial charge on any atom is 0.209 e. The number of benzene rings is 6. The highest BCUT2D eigenvalue weighted by Gasteiger charge is 2.26. The van der Waals surface area contributed by atoms with Crippen LogP contribution in [0.3, 0.4) is 0 Å². The van der Waals surface area contributed by atoms with E-state index in [0.29, 0.717) is 22.6 Å². The topological polar surface area (TPSA) is 52.6 Å². The molecule has 0 spiro atoms. The lowest BCUT2D eigenvalue weighted by Crippen LogP contribution is -2.05. The predicted octanol–water partition coefficient (Wildman–Crippen LogP) is 10.7. The van der Waals surface area contributed by atoms with Gasteiger partial charge in [-0.1, -0.05) is 108 Å². The highest BCUT2D eigenvalue weighted by molar-refractivity contribution is 7.91. The van der Waals surface area contributed by atoms with Crippen molar-refractivity contribution in [3.8, 4) is 45.3 Å². The second-order valence-electron chi connectivity index (χ2n) is 9.62. The summed E-state index contributed by atoms with van der Waals surface area (Å²) in [6.07, 6.45) is 0. The minimum Gasteiger partial charge on any atom is -0.457 e. The van der Waals surface area contributed by atoms with Gasteiger partial charge in [0.1, 0.15) is 23.0 Å². The SMILES string of the molecule is O=S(=O)(c1cccc(-c2ccc(Oc3ccccc3)cc2)c1Cl)c1cccc(-c2ccc(Oc3ccccc3)cc2)c1Cl. The first-order valence-corrected chi connectivity index (χ1v) is 15.6. The van der Waals surface area contributed by atoms with E-state index in [4.69, 9.17) is 32.7 Å². The van der Waals surface area contributed by atoms with Crippen LogP contribution in [0.25, 0.3) is 22.3 Å². The molecule has 43 heavy (non-hydrogen) atoms. The van der Waals surface area contributed by atoms with Gasteiger partial charge in [-0.15, -0.1) is 0 Å². The minimum atomic E-state index is -4.07. The number of hydrogen-bond acceptors (Lipinski definition) is 4. The number of ether oxygens (including phenoxy) is 2. The summed E-state index contributed by atoms with van der Waals surface area (Å²) < 4.78 is 39.7. The highest BCUT2D eigenvalue weighted by Crippen LogP contribution is 2.41. The normalized spacial score (nSPS) is 11.2. The molecule has 7 heteroatoms. The third kappa shape index (κ3) is 6.15. The second-order valence-corrected chi connectivity index (χ2v) is 12.3. The molecule has 0 saturated heterocycles. The molecule has 0 bridgehead atoms. The van der Waals surface area contributed by atoms with Gasteiger partial charge in [0.05, 0.1) is 19.8 Å². The van der Waals surface area contributed by atoms with Gasteiger partial charge < -0.3 is 9.47 Å². The Bertz CT molecular complexity index is 1840. The van der Waals surface area contributed by atoms with Gasteiger partial charge in [-0.05, 0) is 71.8 Å². The van der Waals surface area contributed by atoms with Gasteiger partial charge >= 0.3 is 0 Å². The fourth-order valence-electron chi connectivity index (χ4n) is 4.66. The Morgan fingerprint density at radius 3 is 1.12 bits per heavy atom. The molecule has 0 fully saturated rings. The molecule has 0 heterocycles. The average Bonchev–Trinajstić information content (AvgIpc) is 3.03. The first kappa shape index (κ1) is 28.6. The summed E-state index contributed by atoms with van der Waals surface area (Å²) in [6.45, 7) is 0. The monoisotopic (exact) mass is 622 g/mol. The van der Waals surface area contributed by atoms with Crippen molar-refractivity contribution >= 4 is 33.0 Å². The molecule has 212 valence electrons. The van der Waals surface area contributed by atoms with E-state index in [1.807, 2.05) is 109 Å². The summed E-state index contributed by atoms with van der Waals surface area (Å²) in [4.78, 5) is -0.0520. The van der Waals surface area contributed by atoms with Crippen LogP contribution in [0, 0.1) is 0 Å². The maximum atomic E-state index is 13.9. The number of para-hydroxylation sites is 2. The fraction of sp³-hybridized carbons (Fsp3) is 0. The standard InChI is InChI=1S/C36H24Cl2O4S/c37-35-31(25-17-21-29(22-18-25)41-27-9-3-1-4-10-27)13-7-15-33(35)43(39,40)34-16-8-14-32(36(34)38)26-19-23-30(24-20-26)42-28-11-5-2-6-12-28/h1-24H. The van der Waals surface area contributed by atoms with Crippen molar-refractivity contribution < 1.29 is 17.9 Å². The average molecular weight is 624 g/mol. The Morgan fingerprint density at radius 2 is 0.744 bits per heavy atom. The highest BCUT2D eigenvalue weighted by atomic mass is 35.5. The van der Waals surface area contributed by atoms with Crippen molar-refractivity contribution in [2.24, 2.45) is 0 Å². The van der Waals surface area contributed by atoms with Crippen LogP contribution in [0.5, 0.6) is 23.0 Å². The van der Waals surface area contributed by atoms with E-state index in [-0.39, 0.29) is 19.8 Å². The molecule has 6 rings (SSSR count). The zero-order valence-corrected chi connectivity index (χ0v) is 25.0. The lowest BCUT2D eigenvalue weighted by molar-refractivity contribution is 0.482. The molecule has 0 unspecified atom stereocenters. The Balaban J connectivity index is 1.28. The number of sulfone groups is 1. The smallest absolute Gasteiger partial charge is 0.209 e. The molecule has 0 atom stereocenters. The van der Waals surface area contributed by atoms with E-state index >= 15 is 0 Å². The first-order valence-electron chi connectivity index (χ1n) is 13.4. The Hall–Kier alpha value is -4.55. The van der Waals surface area contributed by atoms with Crippen LogP contribution < -0.4 is 9.47 Å². The van der Waals surface area contributed by atoms with Crippen LogP contribution in [0.4, 0.5) is 0 Å². The van der Waals surface area contributed by atoms with Crippen LogP contribution in [0.1, 0.15) is 0 Å². The summed E-state index contributed by atoms with van der Waals surface area (Å²) in [5, 5.41) is 0.228. The Kier molecular flexibility index (Phi) is 8.21. The second kappa shape index (κ2) is 12.4. The molecule has 0 aliphatic carbocycles. The molecule has 0 amide bonds. The van der Waals surface area contributed by atoms with Crippen molar-refractivity contribution in [3.05, 3.63) is 156 Å². The Morgan fingerprint density at radius 1 is 0.395 bits per heavy atom. The van der Waals surface area contributed by atoms with E-state index in [2.05, 4.69) is 0 Å². The van der Waals surface area contributed by atoms with Crippen molar-refractivity contribution in [3.63, 3.8) is 0 Å². The number of rotatable bonds is 8. The lowest BCUT2D eigenvalue weighted by Gasteiger charge is -2.14. The van der Waals surface area contributed by atoms with E-state index in [0.717, 1.165) is 22.6 Å². The van der Waals surface area contributed by atoms with Gasteiger partial charge in [0.2, 0.25) is 9.84 Å². The molecule has 0 aliphatic rings. The maximum absolute atomic E-state index is 13.9. The number of halogens is 2. The molecular formula is C36H24Cl2O4S. The molecule has 0 aromatic heterocycles. The zero-order chi connectivity index (χ0) is 29.8. The van der Waals surface area contributed by atoms with Crippen molar-refractivity contribution in [2.45, 2.75) is 9.79 Å². The summed E-state index contributed by atoms with van der Waals surface area (Å²) >= 11 is 13.5. The van der Waals surface area contributed by atoms with Gasteiger partial charge in [0, 0.05) is 11.1 Å². The summed E-state index contributed by atoms with van der Waals surface area (Å²) in [5.41, 5.74) is 2.66. The van der Waals surface area contributed by atoms with E-state index in [9.17, 15) is 8.42 Å². The summed E-state index contributed by atoms with van der Waals surface area (Å²) in [5.74, 6) is 2.74. The largest absolute Gasteiger partial charge is 0.457 e. The van der Waals surface area contributed by atoms with Crippen LogP contribution >= 0.6 is 23.2 Å². The van der Waals surface area contributed by atoms with Crippen molar-refractivity contribution in [1.82, 2.24) is 0 Å². The van der Waals surface area contributed by atoms with Gasteiger partial charge in [-0.3, -0.25) is 0 Å². The van der Waals surface area contributed by atoms with E-state index < -0.39 is 9.84 Å². The van der Waals surface area contributed by atoms with Crippen molar-refractivity contribution in [1.29, 1.82) is 0 Å². The molecule has 0 saturated carbocycles. The van der Waals surface area contributed by atoms with Gasteiger partial charge in [-0.2, -0.15) is 0 Å². The van der Waals surface area contributed by atoms with Crippen LogP contribution in [-0.4, -0.2) is 8.42 Å². The lowest BCUT2D eigenvalue weighted by atomic mass is 10.1. The van der Waals surface area contributed by atoms with Crippen LogP contribution in [0.15, 0.2) is 155 Å². The Labute approximate surface area is 260 Å². The molecule has 4 nitrogen and oxygen atoms in total. The quantitative estimate of drug-likeness (QED) is 0.169. The summed E-state index contributed by atoms with van der Waals surface area (Å²) in [6, 6.07) is 43.4. The third-order valence-electron chi connectivity index (χ3n) is 6.79. The summed E-state index contributed by atoms with van der Waals surface area (Å²) in [7, 11) is -4.07. The third-order valence-corrected chi connectivity index (χ3v) is 9.67. The molecule has 6 aromatic rings. The van der Waals surface area contributed by atoms with Crippen molar-refractivity contribution in [2.75, 3.05) is 0 Å². The molecule has 0 N–H and O–H groups in total.